The molecule has 1 aliphatic carbocycles. The topological polar surface area (TPSA) is 166 Å². The molecule has 4 aromatic rings. The zero-order valence-corrected chi connectivity index (χ0v) is 63.2. The fourth-order valence-electron chi connectivity index (χ4n) is 16.0. The molecule has 0 saturated carbocycles. The second kappa shape index (κ2) is 47.2. The summed E-state index contributed by atoms with van der Waals surface area (Å²) >= 11 is 0. The maximum Gasteiger partial charge on any atom is 0.130 e. The molecule has 5 rings (SSSR count). The SMILES string of the molecule is CCCCCCCCCCC[C@@H]1c2cc(c(OC)c(CNC)c2O)[C@H](CCCCCCCCCCC)c2cc(c(OC)c(CNC)c2O)[C@H](CCCCCCCCCCC)c2cc(c(OC)c(CNC)c2O)[C@H](CCCCCCCCCCC)c2cc1c(OC)c(CNC)c2O. The highest BCUT2D eigenvalue weighted by atomic mass is 16.5. The molecule has 0 heterocycles. The third-order valence-electron chi connectivity index (χ3n) is 21.2. The third kappa shape index (κ3) is 23.6. The predicted octanol–water partition coefficient (Wildman–Crippen LogP) is 21.9. The highest BCUT2D eigenvalue weighted by Crippen LogP contribution is 2.56. The fourth-order valence-corrected chi connectivity index (χ4v) is 16.0. The van der Waals surface area contributed by atoms with Crippen LogP contribution in [-0.2, 0) is 26.2 Å². The van der Waals surface area contributed by atoms with Gasteiger partial charge in [-0.1, -0.05) is 259 Å². The van der Waals surface area contributed by atoms with Gasteiger partial charge in [-0.2, -0.15) is 0 Å². The van der Waals surface area contributed by atoms with Crippen molar-refractivity contribution in [3.8, 4) is 46.0 Å². The lowest BCUT2D eigenvalue weighted by Gasteiger charge is -2.33. The number of nitrogens with one attached hydrogen (secondary N) is 4. The van der Waals surface area contributed by atoms with Gasteiger partial charge >= 0.3 is 0 Å². The van der Waals surface area contributed by atoms with Gasteiger partial charge < -0.3 is 60.6 Å². The molecule has 4 aromatic carbocycles. The quantitative estimate of drug-likeness (QED) is 0.0198. The molecule has 12 heteroatoms. The molecule has 0 radical (unpaired) electrons. The lowest BCUT2D eigenvalue weighted by atomic mass is 9.74. The van der Waals surface area contributed by atoms with E-state index in [0.717, 1.165) is 122 Å². The highest BCUT2D eigenvalue weighted by Gasteiger charge is 2.38. The molecule has 96 heavy (non-hydrogen) atoms. The molecule has 12 nitrogen and oxygen atoms in total. The lowest BCUT2D eigenvalue weighted by Crippen LogP contribution is -2.18. The normalized spacial score (nSPS) is 15.4. The fraction of sp³-hybridized carbons (Fsp3) is 0.714. The van der Waals surface area contributed by atoms with Crippen LogP contribution in [0, 0.1) is 0 Å². The summed E-state index contributed by atoms with van der Waals surface area (Å²) in [5.74, 6) is 1.59. The van der Waals surface area contributed by atoms with Gasteiger partial charge in [0.25, 0.3) is 0 Å². The van der Waals surface area contributed by atoms with Gasteiger partial charge in [0.2, 0.25) is 0 Å². The number of aromatic hydroxyl groups is 4. The van der Waals surface area contributed by atoms with Crippen molar-refractivity contribution >= 4 is 0 Å². The van der Waals surface area contributed by atoms with Gasteiger partial charge in [-0.3, -0.25) is 0 Å². The van der Waals surface area contributed by atoms with Crippen molar-refractivity contribution in [3.05, 3.63) is 91.0 Å². The van der Waals surface area contributed by atoms with Gasteiger partial charge in [-0.25, -0.2) is 0 Å². The highest BCUT2D eigenvalue weighted by molar-refractivity contribution is 5.68. The molecule has 4 atom stereocenters. The lowest BCUT2D eigenvalue weighted by molar-refractivity contribution is 0.376. The Balaban J connectivity index is 2.02. The zero-order chi connectivity index (χ0) is 69.5. The molecule has 8 bridgehead atoms. The Morgan fingerprint density at radius 3 is 0.552 bits per heavy atom. The number of phenols is 4. The molecule has 8 N–H and O–H groups in total. The minimum atomic E-state index is -0.396. The summed E-state index contributed by atoms with van der Waals surface area (Å²) in [6, 6.07) is 8.95. The molecule has 0 saturated heterocycles. The monoisotopic (exact) mass is 1330 g/mol. The molecule has 0 aromatic heterocycles. The molecule has 544 valence electrons. The molecular formula is C84H140N4O8. The van der Waals surface area contributed by atoms with Crippen LogP contribution in [0.4, 0.5) is 0 Å². The number of benzene rings is 4. The second-order valence-electron chi connectivity index (χ2n) is 28.5. The largest absolute Gasteiger partial charge is 0.507 e. The summed E-state index contributed by atoms with van der Waals surface area (Å²) in [6.45, 7) is 10.5. The van der Waals surface area contributed by atoms with Gasteiger partial charge in [-0.15, -0.1) is 0 Å². The first-order chi connectivity index (χ1) is 47.0. The van der Waals surface area contributed by atoms with E-state index in [0.29, 0.717) is 97.1 Å². The summed E-state index contributed by atoms with van der Waals surface area (Å²) < 4.78 is 26.8. The van der Waals surface area contributed by atoms with Gasteiger partial charge in [0.15, 0.2) is 0 Å². The second-order valence-corrected chi connectivity index (χ2v) is 28.5. The molecule has 0 aliphatic heterocycles. The minimum Gasteiger partial charge on any atom is -0.507 e. The number of rotatable bonds is 52. The van der Waals surface area contributed by atoms with Gasteiger partial charge in [-0.05, 0) is 78.1 Å². The van der Waals surface area contributed by atoms with Crippen molar-refractivity contribution in [3.63, 3.8) is 0 Å². The Morgan fingerprint density at radius 2 is 0.406 bits per heavy atom. The van der Waals surface area contributed by atoms with E-state index in [9.17, 15) is 20.4 Å². The van der Waals surface area contributed by atoms with Crippen LogP contribution in [0.15, 0.2) is 24.3 Å². The Bertz CT molecular complexity index is 2430. The molecule has 0 unspecified atom stereocenters. The average Bonchev–Trinajstić information content (AvgIpc) is 0.739. The predicted molar refractivity (Wildman–Crippen MR) is 404 cm³/mol. The number of unbranched alkanes of at least 4 members (excludes halogenated alkanes) is 32. The van der Waals surface area contributed by atoms with Crippen LogP contribution in [-0.4, -0.2) is 77.1 Å². The standard InChI is InChI=1S/C84H140N4O8/c1-13-17-21-25-29-33-37-41-45-49-61-65-53-70(82(94-10)73(57-85-5)77(65)89)63(51-47-43-39-35-31-27-23-19-15-3)67-55-72(84(96-12)75(59-87-7)79(67)91)64(52-48-44-40-36-32-28-24-20-16-4)68-56-71(83(95-11)76(60-88-8)80(68)92)62(50-46-42-38-34-30-26-22-18-14-2)66-54-69(61)81(93-9)74(58-86-6)78(66)90/h53-56,61-64,85-92H,13-52,57-60H2,1-12H3/t61-,62-,63-,64-/m1/s1. The molecule has 0 fully saturated rings. The minimum absolute atomic E-state index is 0.185. The van der Waals surface area contributed by atoms with E-state index in [1.807, 2.05) is 28.2 Å². The van der Waals surface area contributed by atoms with Crippen LogP contribution < -0.4 is 40.2 Å². The van der Waals surface area contributed by atoms with Crippen molar-refractivity contribution in [2.24, 2.45) is 0 Å². The van der Waals surface area contributed by atoms with Crippen molar-refractivity contribution in [1.29, 1.82) is 0 Å². The van der Waals surface area contributed by atoms with Crippen LogP contribution in [0.3, 0.4) is 0 Å². The van der Waals surface area contributed by atoms with E-state index in [1.54, 1.807) is 28.4 Å². The summed E-state index contributed by atoms with van der Waals surface area (Å²) in [5.41, 5.74) is 9.50. The van der Waals surface area contributed by atoms with Gasteiger partial charge in [0.1, 0.15) is 46.0 Å². The number of fused-ring (bicyclic) bond motifs is 8. The van der Waals surface area contributed by atoms with E-state index < -0.39 is 23.7 Å². The number of hydrogen-bond acceptors (Lipinski definition) is 12. The van der Waals surface area contributed by atoms with Crippen LogP contribution in [0.1, 0.15) is 375 Å². The Kier molecular flexibility index (Phi) is 40.2. The molecular weight excluding hydrogens is 1190 g/mol. The zero-order valence-electron chi connectivity index (χ0n) is 63.2. The summed E-state index contributed by atoms with van der Waals surface area (Å²) in [4.78, 5) is 0. The van der Waals surface area contributed by atoms with Crippen molar-refractivity contribution in [1.82, 2.24) is 21.3 Å². The molecule has 0 spiro atoms. The van der Waals surface area contributed by atoms with Crippen molar-refractivity contribution in [2.75, 3.05) is 56.6 Å². The molecule has 0 amide bonds. The average molecular weight is 1330 g/mol. The van der Waals surface area contributed by atoms with E-state index in [4.69, 9.17) is 18.9 Å². The summed E-state index contributed by atoms with van der Waals surface area (Å²) in [7, 11) is 14.6. The number of methoxy groups -OCH3 is 4. The summed E-state index contributed by atoms with van der Waals surface area (Å²) in [6.07, 6.45) is 45.1. The first kappa shape index (κ1) is 81.8. The number of ether oxygens (including phenoxy) is 4. The van der Waals surface area contributed by atoms with Crippen LogP contribution >= 0.6 is 0 Å². The van der Waals surface area contributed by atoms with Crippen molar-refractivity contribution < 1.29 is 39.4 Å². The Labute approximate surface area is 585 Å². The van der Waals surface area contributed by atoms with Crippen LogP contribution in [0.25, 0.3) is 0 Å². The van der Waals surface area contributed by atoms with E-state index in [1.165, 1.54) is 154 Å². The van der Waals surface area contributed by atoms with Crippen LogP contribution in [0.2, 0.25) is 0 Å². The first-order valence-corrected chi connectivity index (χ1v) is 39.3. The van der Waals surface area contributed by atoms with E-state index >= 15 is 0 Å². The van der Waals surface area contributed by atoms with Crippen molar-refractivity contribution in [2.45, 2.75) is 334 Å². The van der Waals surface area contributed by atoms with Crippen LogP contribution in [0.5, 0.6) is 46.0 Å². The maximum absolute atomic E-state index is 13.5. The number of phenolic OH excluding ortho intramolecular Hbond substituents is 4. The molecule has 1 aliphatic rings. The Hall–Kier alpha value is -4.88. The number of hydrogen-bond donors (Lipinski definition) is 8. The third-order valence-corrected chi connectivity index (χ3v) is 21.2. The smallest absolute Gasteiger partial charge is 0.130 e. The summed E-state index contributed by atoms with van der Waals surface area (Å²) in [5, 5.41) is 67.7. The Morgan fingerprint density at radius 1 is 0.250 bits per heavy atom. The maximum atomic E-state index is 13.5. The van der Waals surface area contributed by atoms with Gasteiger partial charge in [0, 0.05) is 94.4 Å². The van der Waals surface area contributed by atoms with Gasteiger partial charge in [0.05, 0.1) is 50.7 Å². The van der Waals surface area contributed by atoms with E-state index in [-0.39, 0.29) is 23.0 Å². The first-order valence-electron chi connectivity index (χ1n) is 39.3. The van der Waals surface area contributed by atoms with E-state index in [2.05, 4.69) is 73.2 Å².